The van der Waals surface area contributed by atoms with Crippen molar-refractivity contribution in [2.75, 3.05) is 0 Å². The van der Waals surface area contributed by atoms with Gasteiger partial charge in [-0.05, 0) is 44.2 Å². The first kappa shape index (κ1) is 14.7. The molecular weight excluding hydrogens is 229 g/mol. The van der Waals surface area contributed by atoms with Gasteiger partial charge in [0.25, 0.3) is 5.91 Å². The molecule has 0 saturated carbocycles. The molecule has 2 nitrogen and oxygen atoms in total. The van der Waals surface area contributed by atoms with Gasteiger partial charge in [-0.25, -0.2) is 4.39 Å². The molecule has 0 aliphatic rings. The van der Waals surface area contributed by atoms with Crippen LogP contribution in [-0.2, 0) is 0 Å². The Balaban J connectivity index is 2.62. The molecule has 0 heterocycles. The highest BCUT2D eigenvalue weighted by Crippen LogP contribution is 2.13. The van der Waals surface area contributed by atoms with Gasteiger partial charge in [-0.2, -0.15) is 0 Å². The zero-order valence-electron chi connectivity index (χ0n) is 11.6. The maximum absolute atomic E-state index is 13.8. The zero-order valence-corrected chi connectivity index (χ0v) is 11.6. The van der Waals surface area contributed by atoms with E-state index in [1.54, 1.807) is 19.1 Å². The summed E-state index contributed by atoms with van der Waals surface area (Å²) in [5, 5.41) is 2.84. The molecule has 1 N–H and O–H groups in total. The Labute approximate surface area is 109 Å². The number of rotatable bonds is 5. The van der Waals surface area contributed by atoms with Crippen LogP contribution in [0.1, 0.15) is 49.5 Å². The minimum Gasteiger partial charge on any atom is -0.349 e. The van der Waals surface area contributed by atoms with Crippen LogP contribution in [0.5, 0.6) is 0 Å². The topological polar surface area (TPSA) is 29.1 Å². The Bertz CT molecular complexity index is 415. The minimum atomic E-state index is -0.425. The first-order chi connectivity index (χ1) is 8.41. The van der Waals surface area contributed by atoms with Crippen LogP contribution in [0.4, 0.5) is 4.39 Å². The molecule has 100 valence electrons. The number of aryl methyl sites for hydroxylation is 1. The fourth-order valence-electron chi connectivity index (χ4n) is 1.78. The van der Waals surface area contributed by atoms with Crippen molar-refractivity contribution in [2.24, 2.45) is 5.92 Å². The average molecular weight is 251 g/mol. The van der Waals surface area contributed by atoms with Crippen LogP contribution < -0.4 is 5.32 Å². The van der Waals surface area contributed by atoms with Crippen molar-refractivity contribution in [3.8, 4) is 0 Å². The van der Waals surface area contributed by atoms with E-state index in [1.807, 2.05) is 6.92 Å². The molecule has 1 aromatic carbocycles. The molecule has 0 aliphatic heterocycles. The number of benzene rings is 1. The fraction of sp³-hybridized carbons (Fsp3) is 0.533. The Morgan fingerprint density at radius 1 is 1.28 bits per heavy atom. The zero-order chi connectivity index (χ0) is 13.7. The number of nitrogens with one attached hydrogen (secondary N) is 1. The van der Waals surface area contributed by atoms with Gasteiger partial charge >= 0.3 is 0 Å². The quantitative estimate of drug-likeness (QED) is 0.849. The molecule has 1 amide bonds. The third kappa shape index (κ3) is 4.13. The highest BCUT2D eigenvalue weighted by atomic mass is 19.1. The summed E-state index contributed by atoms with van der Waals surface area (Å²) in [6.45, 7) is 7.91. The fourth-order valence-corrected chi connectivity index (χ4v) is 1.78. The lowest BCUT2D eigenvalue weighted by atomic mass is 10.0. The largest absolute Gasteiger partial charge is 0.349 e. The molecular formula is C15H22FNO. The van der Waals surface area contributed by atoms with Gasteiger partial charge in [0.2, 0.25) is 0 Å². The molecule has 3 heteroatoms. The number of amides is 1. The lowest BCUT2D eigenvalue weighted by molar-refractivity contribution is 0.0933. The summed E-state index contributed by atoms with van der Waals surface area (Å²) in [5.41, 5.74) is 0.629. The molecule has 0 spiro atoms. The number of carbonyl (C=O) groups excluding carboxylic acids is 1. The molecule has 1 aromatic rings. The monoisotopic (exact) mass is 251 g/mol. The van der Waals surface area contributed by atoms with Crippen LogP contribution in [0.3, 0.4) is 0 Å². The van der Waals surface area contributed by atoms with E-state index in [0.29, 0.717) is 11.5 Å². The van der Waals surface area contributed by atoms with Crippen molar-refractivity contribution in [1.29, 1.82) is 0 Å². The molecule has 0 bridgehead atoms. The van der Waals surface area contributed by atoms with Crippen LogP contribution in [0.25, 0.3) is 0 Å². The second kappa shape index (κ2) is 6.53. The van der Waals surface area contributed by atoms with Crippen LogP contribution in [0, 0.1) is 18.7 Å². The highest BCUT2D eigenvalue weighted by Gasteiger charge is 2.15. The van der Waals surface area contributed by atoms with Gasteiger partial charge < -0.3 is 5.32 Å². The van der Waals surface area contributed by atoms with Crippen LogP contribution in [-0.4, -0.2) is 11.9 Å². The van der Waals surface area contributed by atoms with E-state index in [4.69, 9.17) is 0 Å². The first-order valence-corrected chi connectivity index (χ1v) is 6.47. The van der Waals surface area contributed by atoms with E-state index in [-0.39, 0.29) is 17.5 Å². The molecule has 0 aliphatic carbocycles. The van der Waals surface area contributed by atoms with E-state index in [1.165, 1.54) is 6.07 Å². The Morgan fingerprint density at radius 2 is 1.94 bits per heavy atom. The smallest absolute Gasteiger partial charge is 0.254 e. The third-order valence-corrected chi connectivity index (χ3v) is 2.99. The summed E-state index contributed by atoms with van der Waals surface area (Å²) in [6, 6.07) is 4.95. The maximum Gasteiger partial charge on any atom is 0.254 e. The predicted octanol–water partition coefficient (Wildman–Crippen LogP) is 3.69. The molecule has 1 atom stereocenters. The van der Waals surface area contributed by atoms with Crippen molar-refractivity contribution in [2.45, 2.75) is 46.6 Å². The number of carbonyl (C=O) groups is 1. The van der Waals surface area contributed by atoms with Gasteiger partial charge in [0, 0.05) is 6.04 Å². The molecule has 0 fully saturated rings. The van der Waals surface area contributed by atoms with E-state index < -0.39 is 5.82 Å². The minimum absolute atomic E-state index is 0.0693. The van der Waals surface area contributed by atoms with Crippen molar-refractivity contribution < 1.29 is 9.18 Å². The molecule has 0 aromatic heterocycles. The van der Waals surface area contributed by atoms with E-state index >= 15 is 0 Å². The second-order valence-corrected chi connectivity index (χ2v) is 5.28. The number of hydrogen-bond donors (Lipinski definition) is 1. The molecule has 1 unspecified atom stereocenters. The summed E-state index contributed by atoms with van der Waals surface area (Å²) in [4.78, 5) is 11.9. The summed E-state index contributed by atoms with van der Waals surface area (Å²) < 4.78 is 13.8. The van der Waals surface area contributed by atoms with Gasteiger partial charge in [0.1, 0.15) is 5.82 Å². The summed E-state index contributed by atoms with van der Waals surface area (Å²) in [7, 11) is 0. The van der Waals surface area contributed by atoms with Gasteiger partial charge in [-0.3, -0.25) is 4.79 Å². The molecule has 0 saturated heterocycles. The van der Waals surface area contributed by atoms with E-state index in [0.717, 1.165) is 12.8 Å². The average Bonchev–Trinajstić information content (AvgIpc) is 2.30. The van der Waals surface area contributed by atoms with Crippen LogP contribution in [0.2, 0.25) is 0 Å². The van der Waals surface area contributed by atoms with Gasteiger partial charge in [-0.1, -0.05) is 26.0 Å². The van der Waals surface area contributed by atoms with Crippen molar-refractivity contribution in [1.82, 2.24) is 5.32 Å². The van der Waals surface area contributed by atoms with Crippen LogP contribution >= 0.6 is 0 Å². The Morgan fingerprint density at radius 3 is 2.56 bits per heavy atom. The normalized spacial score (nSPS) is 12.6. The lowest BCUT2D eigenvalue weighted by Crippen LogP contribution is -2.33. The van der Waals surface area contributed by atoms with Gasteiger partial charge in [0.05, 0.1) is 5.56 Å². The SMILES string of the molecule is Cc1cccc(C(=O)NC(C)CCC(C)C)c1F. The second-order valence-electron chi connectivity index (χ2n) is 5.28. The number of halogens is 1. The molecule has 1 rings (SSSR count). The lowest BCUT2D eigenvalue weighted by Gasteiger charge is -2.15. The van der Waals surface area contributed by atoms with Gasteiger partial charge in [0.15, 0.2) is 0 Å². The summed E-state index contributed by atoms with van der Waals surface area (Å²) >= 11 is 0. The Hall–Kier alpha value is -1.38. The predicted molar refractivity (Wildman–Crippen MR) is 72.1 cm³/mol. The van der Waals surface area contributed by atoms with Crippen molar-refractivity contribution in [3.63, 3.8) is 0 Å². The third-order valence-electron chi connectivity index (χ3n) is 2.99. The number of hydrogen-bond acceptors (Lipinski definition) is 1. The van der Waals surface area contributed by atoms with E-state index in [2.05, 4.69) is 19.2 Å². The van der Waals surface area contributed by atoms with Crippen LogP contribution in [0.15, 0.2) is 18.2 Å². The molecule has 18 heavy (non-hydrogen) atoms. The highest BCUT2D eigenvalue weighted by molar-refractivity contribution is 5.94. The standard InChI is InChI=1S/C15H22FNO/c1-10(2)8-9-12(4)17-15(18)13-7-5-6-11(3)14(13)16/h5-7,10,12H,8-9H2,1-4H3,(H,17,18). The maximum atomic E-state index is 13.8. The van der Waals surface area contributed by atoms with Gasteiger partial charge in [-0.15, -0.1) is 0 Å². The van der Waals surface area contributed by atoms with E-state index in [9.17, 15) is 9.18 Å². The molecule has 0 radical (unpaired) electrons. The Kier molecular flexibility index (Phi) is 5.32. The first-order valence-electron chi connectivity index (χ1n) is 6.47. The summed E-state index contributed by atoms with van der Waals surface area (Å²) in [6.07, 6.45) is 1.97. The van der Waals surface area contributed by atoms with Crippen molar-refractivity contribution >= 4 is 5.91 Å². The van der Waals surface area contributed by atoms with Crippen molar-refractivity contribution in [3.05, 3.63) is 35.1 Å². The summed E-state index contributed by atoms with van der Waals surface area (Å²) in [5.74, 6) is -0.140.